The second kappa shape index (κ2) is 3.79. The number of aryl methyl sites for hydroxylation is 1. The molecule has 74 valence electrons. The lowest BCUT2D eigenvalue weighted by Gasteiger charge is -2.12. The fourth-order valence-electron chi connectivity index (χ4n) is 1.25. The molecule has 4 nitrogen and oxygen atoms in total. The first-order valence-corrected chi connectivity index (χ1v) is 5.30. The Labute approximate surface area is 86.6 Å². The van der Waals surface area contributed by atoms with E-state index in [2.05, 4.69) is 40.1 Å². The van der Waals surface area contributed by atoms with Gasteiger partial charge in [-0.3, -0.25) is 0 Å². The molecule has 2 rings (SSSR count). The van der Waals surface area contributed by atoms with Crippen molar-refractivity contribution in [2.75, 3.05) is 5.32 Å². The van der Waals surface area contributed by atoms with Gasteiger partial charge < -0.3 is 5.32 Å². The Morgan fingerprint density at radius 3 is 3.00 bits per heavy atom. The van der Waals surface area contributed by atoms with Gasteiger partial charge in [0, 0.05) is 11.9 Å². The summed E-state index contributed by atoms with van der Waals surface area (Å²) < 4.78 is 1.73. The molecule has 2 aromatic heterocycles. The zero-order valence-electron chi connectivity index (χ0n) is 8.14. The van der Waals surface area contributed by atoms with Crippen LogP contribution in [0.1, 0.15) is 17.8 Å². The van der Waals surface area contributed by atoms with Crippen molar-refractivity contribution in [2.45, 2.75) is 13.0 Å². The van der Waals surface area contributed by atoms with Crippen molar-refractivity contribution in [3.8, 4) is 0 Å². The average Bonchev–Trinajstić information content (AvgIpc) is 2.77. The molecule has 2 heterocycles. The second-order valence-corrected chi connectivity index (χ2v) is 4.10. The minimum absolute atomic E-state index is 0.298. The number of aromatic nitrogens is 3. The summed E-state index contributed by atoms with van der Waals surface area (Å²) in [4.78, 5) is 1.31. The van der Waals surface area contributed by atoms with Crippen LogP contribution in [0, 0.1) is 0 Å². The van der Waals surface area contributed by atoms with Crippen LogP contribution in [0.5, 0.6) is 0 Å². The van der Waals surface area contributed by atoms with E-state index < -0.39 is 0 Å². The highest BCUT2D eigenvalue weighted by Gasteiger charge is 2.07. The Hall–Kier alpha value is -1.36. The van der Waals surface area contributed by atoms with E-state index in [1.165, 1.54) is 4.88 Å². The Morgan fingerprint density at radius 2 is 2.43 bits per heavy atom. The van der Waals surface area contributed by atoms with Gasteiger partial charge in [0.05, 0.1) is 12.2 Å². The fourth-order valence-corrected chi connectivity index (χ4v) is 1.99. The van der Waals surface area contributed by atoms with Crippen LogP contribution in [0.25, 0.3) is 0 Å². The van der Waals surface area contributed by atoms with Crippen LogP contribution in [-0.4, -0.2) is 15.0 Å². The summed E-state index contributed by atoms with van der Waals surface area (Å²) in [6.07, 6.45) is 1.73. The highest BCUT2D eigenvalue weighted by atomic mass is 32.1. The third-order valence-electron chi connectivity index (χ3n) is 2.05. The monoisotopic (exact) mass is 208 g/mol. The summed E-state index contributed by atoms with van der Waals surface area (Å²) in [5.41, 5.74) is 0. The number of nitrogens with zero attached hydrogens (tertiary/aromatic N) is 3. The minimum atomic E-state index is 0.298. The number of thiophene rings is 1. The molecule has 0 aliphatic carbocycles. The van der Waals surface area contributed by atoms with Gasteiger partial charge in [0.2, 0.25) is 0 Å². The van der Waals surface area contributed by atoms with Crippen LogP contribution in [0.15, 0.2) is 23.7 Å². The standard InChI is InChI=1S/C9H12N4S/c1-7(8-4-3-5-14-8)11-9-6-10-12-13(9)2/h3-7,11H,1-2H3. The van der Waals surface area contributed by atoms with Crippen molar-refractivity contribution < 1.29 is 0 Å². The summed E-state index contributed by atoms with van der Waals surface area (Å²) in [5, 5.41) is 13.1. The van der Waals surface area contributed by atoms with Gasteiger partial charge in [0.25, 0.3) is 0 Å². The van der Waals surface area contributed by atoms with Crippen molar-refractivity contribution in [2.24, 2.45) is 7.05 Å². The van der Waals surface area contributed by atoms with E-state index in [9.17, 15) is 0 Å². The van der Waals surface area contributed by atoms with E-state index in [0.29, 0.717) is 6.04 Å². The van der Waals surface area contributed by atoms with Gasteiger partial charge in [0.15, 0.2) is 0 Å². The zero-order chi connectivity index (χ0) is 9.97. The van der Waals surface area contributed by atoms with Crippen LogP contribution < -0.4 is 5.32 Å². The Kier molecular flexibility index (Phi) is 2.49. The summed E-state index contributed by atoms with van der Waals surface area (Å²) in [7, 11) is 1.87. The van der Waals surface area contributed by atoms with E-state index in [1.807, 2.05) is 7.05 Å². The second-order valence-electron chi connectivity index (χ2n) is 3.12. The van der Waals surface area contributed by atoms with Crippen molar-refractivity contribution >= 4 is 17.2 Å². The molecule has 14 heavy (non-hydrogen) atoms. The van der Waals surface area contributed by atoms with E-state index in [0.717, 1.165) is 5.82 Å². The minimum Gasteiger partial charge on any atom is -0.362 e. The molecule has 1 N–H and O–H groups in total. The number of hydrogen-bond donors (Lipinski definition) is 1. The first-order valence-electron chi connectivity index (χ1n) is 4.42. The molecule has 0 amide bonds. The molecule has 1 unspecified atom stereocenters. The van der Waals surface area contributed by atoms with Crippen LogP contribution in [0.3, 0.4) is 0 Å². The van der Waals surface area contributed by atoms with E-state index in [-0.39, 0.29) is 0 Å². The number of nitrogens with one attached hydrogen (secondary N) is 1. The number of hydrogen-bond acceptors (Lipinski definition) is 4. The quantitative estimate of drug-likeness (QED) is 0.839. The molecule has 0 bridgehead atoms. The lowest BCUT2D eigenvalue weighted by atomic mass is 10.3. The van der Waals surface area contributed by atoms with Gasteiger partial charge in [-0.05, 0) is 18.4 Å². The van der Waals surface area contributed by atoms with Crippen molar-refractivity contribution in [3.63, 3.8) is 0 Å². The molecule has 0 aliphatic heterocycles. The van der Waals surface area contributed by atoms with Gasteiger partial charge in [-0.2, -0.15) is 0 Å². The average molecular weight is 208 g/mol. The summed E-state index contributed by atoms with van der Waals surface area (Å²) in [6, 6.07) is 4.47. The molecular formula is C9H12N4S. The number of rotatable bonds is 3. The molecule has 0 spiro atoms. The summed E-state index contributed by atoms with van der Waals surface area (Å²) in [5.74, 6) is 0.936. The molecule has 0 radical (unpaired) electrons. The predicted molar refractivity (Wildman–Crippen MR) is 57.4 cm³/mol. The zero-order valence-corrected chi connectivity index (χ0v) is 8.95. The smallest absolute Gasteiger partial charge is 0.144 e. The Balaban J connectivity index is 2.09. The van der Waals surface area contributed by atoms with Gasteiger partial charge in [-0.15, -0.1) is 16.4 Å². The van der Waals surface area contributed by atoms with E-state index in [1.54, 1.807) is 22.2 Å². The Morgan fingerprint density at radius 1 is 1.57 bits per heavy atom. The van der Waals surface area contributed by atoms with Crippen molar-refractivity contribution in [1.82, 2.24) is 15.0 Å². The molecule has 5 heteroatoms. The van der Waals surface area contributed by atoms with Gasteiger partial charge in [0.1, 0.15) is 5.82 Å². The first-order chi connectivity index (χ1) is 6.77. The summed E-state index contributed by atoms with van der Waals surface area (Å²) in [6.45, 7) is 2.12. The van der Waals surface area contributed by atoms with Gasteiger partial charge in [-0.25, -0.2) is 4.68 Å². The van der Waals surface area contributed by atoms with Gasteiger partial charge in [-0.1, -0.05) is 11.3 Å². The molecular weight excluding hydrogens is 196 g/mol. The number of anilines is 1. The highest BCUT2D eigenvalue weighted by molar-refractivity contribution is 7.10. The van der Waals surface area contributed by atoms with E-state index in [4.69, 9.17) is 0 Å². The molecule has 0 aromatic carbocycles. The maximum atomic E-state index is 3.86. The van der Waals surface area contributed by atoms with Crippen LogP contribution in [0.2, 0.25) is 0 Å². The molecule has 0 saturated carbocycles. The molecule has 0 fully saturated rings. The normalized spacial score (nSPS) is 12.7. The lowest BCUT2D eigenvalue weighted by Crippen LogP contribution is -2.08. The maximum absolute atomic E-state index is 3.86. The fraction of sp³-hybridized carbons (Fsp3) is 0.333. The lowest BCUT2D eigenvalue weighted by molar-refractivity contribution is 0.710. The van der Waals surface area contributed by atoms with Crippen LogP contribution >= 0.6 is 11.3 Å². The van der Waals surface area contributed by atoms with Crippen LogP contribution in [-0.2, 0) is 7.05 Å². The topological polar surface area (TPSA) is 42.7 Å². The van der Waals surface area contributed by atoms with Crippen molar-refractivity contribution in [3.05, 3.63) is 28.6 Å². The molecule has 2 aromatic rings. The SMILES string of the molecule is CC(Nc1cnnn1C)c1cccs1. The molecule has 0 aliphatic rings. The van der Waals surface area contributed by atoms with Crippen LogP contribution in [0.4, 0.5) is 5.82 Å². The molecule has 1 atom stereocenters. The third-order valence-corrected chi connectivity index (χ3v) is 3.10. The Bertz CT molecular complexity index is 393. The first kappa shape index (κ1) is 9.21. The van der Waals surface area contributed by atoms with Gasteiger partial charge >= 0.3 is 0 Å². The third kappa shape index (κ3) is 1.77. The summed E-state index contributed by atoms with van der Waals surface area (Å²) >= 11 is 1.75. The maximum Gasteiger partial charge on any atom is 0.144 e. The predicted octanol–water partition coefficient (Wildman–Crippen LogP) is 2.05. The van der Waals surface area contributed by atoms with Crippen molar-refractivity contribution in [1.29, 1.82) is 0 Å². The highest BCUT2D eigenvalue weighted by Crippen LogP contribution is 2.21. The molecule has 0 saturated heterocycles. The van der Waals surface area contributed by atoms with E-state index >= 15 is 0 Å². The largest absolute Gasteiger partial charge is 0.362 e.